The number of rotatable bonds is 5. The molecule has 0 spiro atoms. The summed E-state index contributed by atoms with van der Waals surface area (Å²) in [6.07, 6.45) is 1.24. The average molecular weight is 220 g/mol. The van der Waals surface area contributed by atoms with E-state index in [1.54, 1.807) is 0 Å². The molecule has 0 aliphatic carbocycles. The standard InChI is InChI=1S/C12H16N2O2/c1-9(15)14-11(12(13)16)8-7-10-5-3-2-4-6-10/h2-6,11H,7-8H2,1H3,(H2,13,16)(H,14,15)/t11-/m0/s1. The SMILES string of the molecule is CC(=O)N[C@@H](CCc1ccccc1)C(N)=O. The van der Waals surface area contributed by atoms with Crippen molar-refractivity contribution in [3.8, 4) is 0 Å². The van der Waals surface area contributed by atoms with E-state index in [1.165, 1.54) is 6.92 Å². The molecule has 0 aliphatic rings. The lowest BCUT2D eigenvalue weighted by Crippen LogP contribution is -2.43. The van der Waals surface area contributed by atoms with Gasteiger partial charge in [-0.15, -0.1) is 0 Å². The van der Waals surface area contributed by atoms with E-state index in [1.807, 2.05) is 30.3 Å². The summed E-state index contributed by atoms with van der Waals surface area (Å²) in [5.74, 6) is -0.733. The molecule has 1 rings (SSSR count). The van der Waals surface area contributed by atoms with Crippen LogP contribution < -0.4 is 11.1 Å². The third kappa shape index (κ3) is 4.13. The second-order valence-corrected chi connectivity index (χ2v) is 3.68. The van der Waals surface area contributed by atoms with Crippen LogP contribution in [0.25, 0.3) is 0 Å². The van der Waals surface area contributed by atoms with Crippen LogP contribution in [0.5, 0.6) is 0 Å². The fourth-order valence-electron chi connectivity index (χ4n) is 1.49. The normalized spacial score (nSPS) is 11.8. The molecule has 1 atom stereocenters. The van der Waals surface area contributed by atoms with E-state index in [9.17, 15) is 9.59 Å². The van der Waals surface area contributed by atoms with Gasteiger partial charge in [-0.25, -0.2) is 0 Å². The van der Waals surface area contributed by atoms with E-state index < -0.39 is 11.9 Å². The molecule has 86 valence electrons. The predicted molar refractivity (Wildman–Crippen MR) is 61.6 cm³/mol. The van der Waals surface area contributed by atoms with Crippen LogP contribution in [0.4, 0.5) is 0 Å². The summed E-state index contributed by atoms with van der Waals surface area (Å²) in [7, 11) is 0. The first-order valence-corrected chi connectivity index (χ1v) is 5.20. The summed E-state index contributed by atoms with van der Waals surface area (Å²) in [4.78, 5) is 21.9. The Morgan fingerprint density at radius 2 is 1.94 bits per heavy atom. The molecule has 0 aliphatic heterocycles. The van der Waals surface area contributed by atoms with Crippen LogP contribution in [0.2, 0.25) is 0 Å². The van der Waals surface area contributed by atoms with E-state index in [0.29, 0.717) is 12.8 Å². The maximum atomic E-state index is 11.1. The van der Waals surface area contributed by atoms with Crippen molar-refractivity contribution in [2.45, 2.75) is 25.8 Å². The smallest absolute Gasteiger partial charge is 0.240 e. The van der Waals surface area contributed by atoms with E-state index in [2.05, 4.69) is 5.32 Å². The Bertz CT molecular complexity index is 363. The summed E-state index contributed by atoms with van der Waals surface area (Å²) in [6.45, 7) is 1.37. The molecule has 0 saturated heterocycles. The molecule has 0 unspecified atom stereocenters. The van der Waals surface area contributed by atoms with Gasteiger partial charge in [-0.05, 0) is 18.4 Å². The number of benzene rings is 1. The Kier molecular flexibility index (Phi) is 4.51. The number of amides is 2. The summed E-state index contributed by atoms with van der Waals surface area (Å²) >= 11 is 0. The zero-order chi connectivity index (χ0) is 12.0. The highest BCUT2D eigenvalue weighted by atomic mass is 16.2. The van der Waals surface area contributed by atoms with E-state index in [-0.39, 0.29) is 5.91 Å². The number of primary amides is 1. The first-order valence-electron chi connectivity index (χ1n) is 5.20. The third-order valence-corrected chi connectivity index (χ3v) is 2.29. The summed E-state index contributed by atoms with van der Waals surface area (Å²) in [6, 6.07) is 9.18. The Labute approximate surface area is 94.8 Å². The Balaban J connectivity index is 2.50. The zero-order valence-electron chi connectivity index (χ0n) is 9.27. The molecule has 0 aromatic heterocycles. The molecule has 1 aromatic rings. The fraction of sp³-hybridized carbons (Fsp3) is 0.333. The average Bonchev–Trinajstić information content (AvgIpc) is 2.25. The molecule has 0 bridgehead atoms. The zero-order valence-corrected chi connectivity index (χ0v) is 9.27. The molecule has 1 aromatic carbocycles. The van der Waals surface area contributed by atoms with Gasteiger partial charge in [0.15, 0.2) is 0 Å². The number of carbonyl (C=O) groups is 2. The lowest BCUT2D eigenvalue weighted by Gasteiger charge is -2.13. The van der Waals surface area contributed by atoms with Gasteiger partial charge in [-0.3, -0.25) is 9.59 Å². The lowest BCUT2D eigenvalue weighted by atomic mass is 10.0. The van der Waals surface area contributed by atoms with Gasteiger partial charge in [0, 0.05) is 6.92 Å². The second kappa shape index (κ2) is 5.90. The van der Waals surface area contributed by atoms with Crippen molar-refractivity contribution < 1.29 is 9.59 Å². The maximum Gasteiger partial charge on any atom is 0.240 e. The van der Waals surface area contributed by atoms with Gasteiger partial charge in [-0.1, -0.05) is 30.3 Å². The third-order valence-electron chi connectivity index (χ3n) is 2.29. The van der Waals surface area contributed by atoms with E-state index in [0.717, 1.165) is 5.56 Å². The molecule has 4 heteroatoms. The minimum atomic E-state index is -0.585. The summed E-state index contributed by atoms with van der Waals surface area (Å²) < 4.78 is 0. The van der Waals surface area contributed by atoms with Gasteiger partial charge in [0.1, 0.15) is 6.04 Å². The number of nitrogens with one attached hydrogen (secondary N) is 1. The van der Waals surface area contributed by atoms with Crippen molar-refractivity contribution >= 4 is 11.8 Å². The van der Waals surface area contributed by atoms with Crippen LogP contribution in [0.15, 0.2) is 30.3 Å². The highest BCUT2D eigenvalue weighted by Gasteiger charge is 2.15. The molecule has 0 saturated carbocycles. The minimum Gasteiger partial charge on any atom is -0.368 e. The van der Waals surface area contributed by atoms with Crippen LogP contribution >= 0.6 is 0 Å². The molecule has 0 radical (unpaired) electrons. The Morgan fingerprint density at radius 1 is 1.31 bits per heavy atom. The molecule has 3 N–H and O–H groups in total. The minimum absolute atomic E-state index is 0.239. The molecular weight excluding hydrogens is 204 g/mol. The van der Waals surface area contributed by atoms with Gasteiger partial charge in [0.2, 0.25) is 11.8 Å². The largest absolute Gasteiger partial charge is 0.368 e. The quantitative estimate of drug-likeness (QED) is 0.763. The molecule has 16 heavy (non-hydrogen) atoms. The highest BCUT2D eigenvalue weighted by molar-refractivity contribution is 5.85. The van der Waals surface area contributed by atoms with Crippen molar-refractivity contribution in [3.63, 3.8) is 0 Å². The molecule has 0 heterocycles. The van der Waals surface area contributed by atoms with Crippen LogP contribution in [0, 0.1) is 0 Å². The predicted octanol–water partition coefficient (Wildman–Crippen LogP) is 0.609. The molecule has 2 amide bonds. The first kappa shape index (κ1) is 12.2. The van der Waals surface area contributed by atoms with E-state index >= 15 is 0 Å². The van der Waals surface area contributed by atoms with Crippen molar-refractivity contribution in [3.05, 3.63) is 35.9 Å². The van der Waals surface area contributed by atoms with Gasteiger partial charge in [0.05, 0.1) is 0 Å². The van der Waals surface area contributed by atoms with Gasteiger partial charge in [0.25, 0.3) is 0 Å². The number of carbonyl (C=O) groups excluding carboxylic acids is 2. The number of hydrogen-bond donors (Lipinski definition) is 2. The van der Waals surface area contributed by atoms with Crippen LogP contribution in [0.1, 0.15) is 18.9 Å². The maximum absolute atomic E-state index is 11.1. The van der Waals surface area contributed by atoms with Crippen molar-refractivity contribution in [2.75, 3.05) is 0 Å². The van der Waals surface area contributed by atoms with Crippen LogP contribution in [0.3, 0.4) is 0 Å². The van der Waals surface area contributed by atoms with Crippen molar-refractivity contribution in [2.24, 2.45) is 5.73 Å². The highest BCUT2D eigenvalue weighted by Crippen LogP contribution is 2.04. The number of aryl methyl sites for hydroxylation is 1. The Morgan fingerprint density at radius 3 is 2.44 bits per heavy atom. The summed E-state index contributed by atoms with van der Waals surface area (Å²) in [5, 5.41) is 2.54. The molecular formula is C12H16N2O2. The fourth-order valence-corrected chi connectivity index (χ4v) is 1.49. The van der Waals surface area contributed by atoms with Crippen LogP contribution in [-0.4, -0.2) is 17.9 Å². The monoisotopic (exact) mass is 220 g/mol. The number of nitrogens with two attached hydrogens (primary N) is 1. The van der Waals surface area contributed by atoms with Crippen molar-refractivity contribution in [1.82, 2.24) is 5.32 Å². The summed E-state index contributed by atoms with van der Waals surface area (Å²) in [5.41, 5.74) is 6.32. The lowest BCUT2D eigenvalue weighted by molar-refractivity contribution is -0.126. The topological polar surface area (TPSA) is 72.2 Å². The number of hydrogen-bond acceptors (Lipinski definition) is 2. The van der Waals surface area contributed by atoms with Gasteiger partial charge >= 0.3 is 0 Å². The molecule has 4 nitrogen and oxygen atoms in total. The van der Waals surface area contributed by atoms with Crippen molar-refractivity contribution in [1.29, 1.82) is 0 Å². The van der Waals surface area contributed by atoms with E-state index in [4.69, 9.17) is 5.73 Å². The Hall–Kier alpha value is -1.84. The van der Waals surface area contributed by atoms with Gasteiger partial charge < -0.3 is 11.1 Å². The second-order valence-electron chi connectivity index (χ2n) is 3.68. The first-order chi connectivity index (χ1) is 7.59. The van der Waals surface area contributed by atoms with Crippen LogP contribution in [-0.2, 0) is 16.0 Å². The molecule has 0 fully saturated rings. The van der Waals surface area contributed by atoms with Gasteiger partial charge in [-0.2, -0.15) is 0 Å².